The van der Waals surface area contributed by atoms with Gasteiger partial charge >= 0.3 is 29.6 Å². The van der Waals surface area contributed by atoms with Gasteiger partial charge in [0.25, 0.3) is 0 Å². The fourth-order valence-electron chi connectivity index (χ4n) is 8.32. The summed E-state index contributed by atoms with van der Waals surface area (Å²) in [5, 5.41) is 11.0. The average Bonchev–Trinajstić information content (AvgIpc) is 3.15. The molecule has 4 heteroatoms. The third kappa shape index (κ3) is 50.4. The van der Waals surface area contributed by atoms with E-state index >= 15 is 0 Å². The minimum atomic E-state index is -0.895. The molecule has 54 heavy (non-hydrogen) atoms. The quantitative estimate of drug-likeness (QED) is 0.0457. The van der Waals surface area contributed by atoms with Crippen LogP contribution in [-0.4, -0.2) is 30.5 Å². The van der Waals surface area contributed by atoms with Gasteiger partial charge in [0.2, 0.25) is 0 Å². The van der Waals surface area contributed by atoms with Crippen LogP contribution < -0.4 is 34.7 Å². The molecule has 0 heterocycles. The van der Waals surface area contributed by atoms with Gasteiger partial charge in [-0.15, -0.1) is 0 Å². The zero-order valence-corrected chi connectivity index (χ0v) is 40.0. The maximum absolute atomic E-state index is 11.0. The summed E-state index contributed by atoms with van der Waals surface area (Å²) in [5.41, 5.74) is 0. The van der Waals surface area contributed by atoms with Gasteiger partial charge in [-0.2, -0.15) is 0 Å². The Morgan fingerprint density at radius 3 is 0.648 bits per heavy atom. The van der Waals surface area contributed by atoms with Crippen LogP contribution in [0.25, 0.3) is 0 Å². The molecule has 0 saturated carbocycles. The third-order valence-electron chi connectivity index (χ3n) is 12.0. The predicted molar refractivity (Wildman–Crippen MR) is 236 cm³/mol. The molecule has 0 aromatic carbocycles. The second-order valence-electron chi connectivity index (χ2n) is 17.5. The molecule has 0 aliphatic carbocycles. The van der Waals surface area contributed by atoms with Gasteiger partial charge in [-0.1, -0.05) is 271 Å². The molecule has 0 saturated heterocycles. The summed E-state index contributed by atoms with van der Waals surface area (Å²) in [6.07, 6.45) is 60.8. The van der Waals surface area contributed by atoms with Gasteiger partial charge in [-0.3, -0.25) is 0 Å². The Morgan fingerprint density at radius 1 is 0.296 bits per heavy atom. The Kier molecular flexibility index (Phi) is 53.9. The van der Waals surface area contributed by atoms with Crippen LogP contribution in [0.5, 0.6) is 0 Å². The zero-order valence-electron chi connectivity index (χ0n) is 38.0. The molecule has 0 aliphatic rings. The van der Waals surface area contributed by atoms with Crippen LogP contribution >= 0.6 is 0 Å². The van der Waals surface area contributed by atoms with E-state index in [1.165, 1.54) is 270 Å². The molecule has 0 fully saturated rings. The van der Waals surface area contributed by atoms with Crippen molar-refractivity contribution in [3.63, 3.8) is 0 Å². The summed E-state index contributed by atoms with van der Waals surface area (Å²) < 4.78 is 0. The molecule has 0 spiro atoms. The molecular weight excluding hydrogens is 670 g/mol. The molecule has 0 radical (unpaired) electrons. The van der Waals surface area contributed by atoms with Crippen molar-refractivity contribution in [1.82, 2.24) is 4.90 Å². The number of nitrogens with zero attached hydrogens (tertiary/aromatic N) is 1. The number of hydrogen-bond donors (Lipinski definition) is 0. The molecule has 3 nitrogen and oxygen atoms in total. The van der Waals surface area contributed by atoms with Crippen LogP contribution in [0.2, 0.25) is 0 Å². The van der Waals surface area contributed by atoms with Crippen LogP contribution in [0.15, 0.2) is 0 Å². The van der Waals surface area contributed by atoms with Crippen molar-refractivity contribution in [2.75, 3.05) is 19.6 Å². The van der Waals surface area contributed by atoms with E-state index in [2.05, 4.69) is 18.7 Å². The van der Waals surface area contributed by atoms with Crippen molar-refractivity contribution in [2.45, 2.75) is 296 Å². The van der Waals surface area contributed by atoms with E-state index in [0.29, 0.717) is 0 Å². The normalized spacial score (nSPS) is 11.5. The average molecular weight is 770 g/mol. The standard InChI is InChI=1S/C50H101NO2.Na/c1-3-5-7-9-11-13-15-17-19-21-23-25-27-29-31-33-35-37-39-41-43-47-51(49-45-46-50(52)53)48-44-42-40-38-36-34-32-30-28-26-24-22-20-18-16-14-12-10-8-6-4-2;/h3-49H2,1-2H3,(H,52,53);/q;+1/p-1. The third-order valence-corrected chi connectivity index (χ3v) is 12.0. The van der Waals surface area contributed by atoms with Gasteiger partial charge < -0.3 is 14.8 Å². The Hall–Kier alpha value is 0.430. The fourth-order valence-corrected chi connectivity index (χ4v) is 8.32. The number of carboxylic acids is 1. The Morgan fingerprint density at radius 2 is 0.463 bits per heavy atom. The predicted octanol–water partition coefficient (Wildman–Crippen LogP) is 13.2. The molecule has 0 amide bonds. The monoisotopic (exact) mass is 770 g/mol. The fraction of sp³-hybridized carbons (Fsp3) is 0.980. The SMILES string of the molecule is CCCCCCCCCCCCCCCCCCCCCCCN(CCCCCCCCCCCCCCCCCCCCCCC)CCCC(=O)[O-].[Na+]. The van der Waals surface area contributed by atoms with E-state index in [0.717, 1.165) is 26.1 Å². The number of unbranched alkanes of at least 4 members (excludes halogenated alkanes) is 40. The molecule has 0 N–H and O–H groups in total. The maximum atomic E-state index is 11.0. The number of carbonyl (C=O) groups excluding carboxylic acids is 1. The van der Waals surface area contributed by atoms with Crippen LogP contribution in [0.3, 0.4) is 0 Å². The molecule has 0 bridgehead atoms. The smallest absolute Gasteiger partial charge is 0.550 e. The first-order valence-corrected chi connectivity index (χ1v) is 25.1. The van der Waals surface area contributed by atoms with Crippen molar-refractivity contribution < 1.29 is 39.5 Å². The summed E-state index contributed by atoms with van der Waals surface area (Å²) in [4.78, 5) is 13.5. The summed E-state index contributed by atoms with van der Waals surface area (Å²) in [6, 6.07) is 0. The van der Waals surface area contributed by atoms with Crippen LogP contribution in [-0.2, 0) is 4.79 Å². The minimum absolute atomic E-state index is 0. The number of carbonyl (C=O) groups is 1. The molecular formula is C50H100NNaO2. The number of carboxylic acid groups (broad SMARTS) is 1. The molecule has 0 aliphatic heterocycles. The van der Waals surface area contributed by atoms with Gasteiger partial charge in [0.05, 0.1) is 0 Å². The van der Waals surface area contributed by atoms with E-state index < -0.39 is 5.97 Å². The Balaban J connectivity index is 0. The van der Waals surface area contributed by atoms with E-state index in [4.69, 9.17) is 0 Å². The van der Waals surface area contributed by atoms with Crippen molar-refractivity contribution in [1.29, 1.82) is 0 Å². The molecule has 318 valence electrons. The number of hydrogen-bond acceptors (Lipinski definition) is 3. The van der Waals surface area contributed by atoms with Gasteiger partial charge in [0.1, 0.15) is 0 Å². The number of rotatable bonds is 48. The summed E-state index contributed by atoms with van der Waals surface area (Å²) >= 11 is 0. The van der Waals surface area contributed by atoms with Gasteiger partial charge in [0, 0.05) is 5.97 Å². The van der Waals surface area contributed by atoms with Gasteiger partial charge in [-0.05, 0) is 45.3 Å². The second-order valence-corrected chi connectivity index (χ2v) is 17.5. The first kappa shape index (κ1) is 56.5. The Labute approximate surface area is 364 Å². The Bertz CT molecular complexity index is 627. The summed E-state index contributed by atoms with van der Waals surface area (Å²) in [5.74, 6) is -0.895. The van der Waals surface area contributed by atoms with Crippen LogP contribution in [0.4, 0.5) is 0 Å². The van der Waals surface area contributed by atoms with Gasteiger partial charge in [0.15, 0.2) is 0 Å². The first-order valence-electron chi connectivity index (χ1n) is 25.1. The van der Waals surface area contributed by atoms with Crippen LogP contribution in [0, 0.1) is 0 Å². The summed E-state index contributed by atoms with van der Waals surface area (Å²) in [6.45, 7) is 7.81. The molecule has 0 aromatic heterocycles. The van der Waals surface area contributed by atoms with E-state index in [-0.39, 0.29) is 36.0 Å². The van der Waals surface area contributed by atoms with E-state index in [1.54, 1.807) is 0 Å². The molecule has 0 unspecified atom stereocenters. The van der Waals surface area contributed by atoms with Crippen molar-refractivity contribution >= 4 is 5.97 Å². The minimum Gasteiger partial charge on any atom is -0.550 e. The molecule has 0 rings (SSSR count). The van der Waals surface area contributed by atoms with Crippen molar-refractivity contribution in [2.24, 2.45) is 0 Å². The maximum Gasteiger partial charge on any atom is 1.00 e. The molecule has 0 aromatic rings. The molecule has 0 atom stereocenters. The van der Waals surface area contributed by atoms with Crippen LogP contribution in [0.1, 0.15) is 296 Å². The topological polar surface area (TPSA) is 43.4 Å². The zero-order chi connectivity index (χ0) is 38.4. The van der Waals surface area contributed by atoms with Crippen molar-refractivity contribution in [3.05, 3.63) is 0 Å². The first-order chi connectivity index (χ1) is 26.2. The number of aliphatic carboxylic acids is 1. The van der Waals surface area contributed by atoms with Crippen molar-refractivity contribution in [3.8, 4) is 0 Å². The van der Waals surface area contributed by atoms with E-state index in [9.17, 15) is 9.90 Å². The van der Waals surface area contributed by atoms with Gasteiger partial charge in [-0.25, -0.2) is 0 Å². The second kappa shape index (κ2) is 51.4. The van der Waals surface area contributed by atoms with E-state index in [1.807, 2.05) is 0 Å². The summed E-state index contributed by atoms with van der Waals surface area (Å²) in [7, 11) is 0. The largest absolute Gasteiger partial charge is 1.00 e.